The number of carbonyl (C=O) groups excluding carboxylic acids is 3. The molecule has 9 heterocycles. The van der Waals surface area contributed by atoms with Crippen LogP contribution in [0.2, 0.25) is 0 Å². The summed E-state index contributed by atoms with van der Waals surface area (Å²) in [6.45, 7) is 15.7. The number of halogens is 5. The van der Waals surface area contributed by atoms with E-state index in [1.165, 1.54) is 72.3 Å². The summed E-state index contributed by atoms with van der Waals surface area (Å²) >= 11 is 33.1. The van der Waals surface area contributed by atoms with Crippen LogP contribution in [0, 0.1) is 0 Å². The highest BCUT2D eigenvalue weighted by Crippen LogP contribution is 2.55. The number of nitrogens with zero attached hydrogens (tertiary/aromatic N) is 3. The number of fused-ring (bicyclic) bond motifs is 9. The van der Waals surface area contributed by atoms with Gasteiger partial charge in [0.1, 0.15) is 19.8 Å². The summed E-state index contributed by atoms with van der Waals surface area (Å²) < 4.78 is 32.5. The lowest BCUT2D eigenvalue weighted by Gasteiger charge is -2.48. The number of hydrogen-bond acceptors (Lipinski definition) is 22. The summed E-state index contributed by atoms with van der Waals surface area (Å²) in [5, 5.41) is 41.5. The summed E-state index contributed by atoms with van der Waals surface area (Å²) in [6, 6.07) is 57.9. The first-order chi connectivity index (χ1) is 57.6. The third-order valence-electron chi connectivity index (χ3n) is 22.3. The quantitative estimate of drug-likeness (QED) is 0.0156. The Kier molecular flexibility index (Phi) is 27.8. The first kappa shape index (κ1) is 88.8. The van der Waals surface area contributed by atoms with Crippen LogP contribution in [0.3, 0.4) is 0 Å². The molecular weight excluding hydrogens is 2040 g/mol. The van der Waals surface area contributed by atoms with Crippen molar-refractivity contribution in [3.8, 4) is 33.4 Å². The number of nitrogens with two attached hydrogens (primary N) is 1. The maximum atomic E-state index is 12.9. The van der Waals surface area contributed by atoms with Crippen molar-refractivity contribution in [2.75, 3.05) is 63.9 Å². The van der Waals surface area contributed by atoms with Gasteiger partial charge in [-0.1, -0.05) is 210 Å². The Morgan fingerprint density at radius 1 is 0.533 bits per heavy atom. The van der Waals surface area contributed by atoms with Gasteiger partial charge in [0.2, 0.25) is 0 Å². The maximum Gasteiger partial charge on any atom is 0.413 e. The third-order valence-corrected chi connectivity index (χ3v) is 35.8. The predicted octanol–water partition coefficient (Wildman–Crippen LogP) is 22.5. The van der Waals surface area contributed by atoms with Crippen molar-refractivity contribution in [1.29, 1.82) is 0 Å². The average molecular weight is 2130 g/mol. The van der Waals surface area contributed by atoms with Gasteiger partial charge in [-0.25, -0.2) is 14.4 Å². The number of alkyl carbamates (subject to hydrolysis) is 3. The van der Waals surface area contributed by atoms with Gasteiger partial charge in [-0.2, -0.15) is 0 Å². The van der Waals surface area contributed by atoms with Crippen molar-refractivity contribution < 1.29 is 48.3 Å². The zero-order valence-corrected chi connectivity index (χ0v) is 80.6. The molecule has 6 aromatic carbocycles. The molecule has 2 saturated heterocycles. The summed E-state index contributed by atoms with van der Waals surface area (Å²) in [5.41, 5.74) is 19.0. The summed E-state index contributed by atoms with van der Waals surface area (Å²) in [5.74, 6) is -0.00536. The normalized spacial score (nSPS) is 21.5. The number of hydrogen-bond donors (Lipinski definition) is 7. The first-order valence-corrected chi connectivity index (χ1v) is 49.6. The van der Waals surface area contributed by atoms with Crippen LogP contribution in [-0.2, 0) is 45.8 Å². The van der Waals surface area contributed by atoms with E-state index in [9.17, 15) is 24.6 Å². The van der Waals surface area contributed by atoms with Crippen LogP contribution in [0.4, 0.5) is 14.4 Å². The highest BCUT2D eigenvalue weighted by Gasteiger charge is 2.53. The van der Waals surface area contributed by atoms with E-state index in [1.54, 1.807) is 68.9 Å². The molecule has 2 spiro atoms. The smallest absolute Gasteiger partial charge is 0.413 e. The number of amides is 3. The van der Waals surface area contributed by atoms with Crippen molar-refractivity contribution in [3.63, 3.8) is 0 Å². The van der Waals surface area contributed by atoms with Crippen LogP contribution < -0.4 is 27.0 Å². The lowest BCUT2D eigenvalue weighted by molar-refractivity contribution is -0.0207. The standard InChI is InChI=1S/C26H24BrIN2O3S2.C26H23BrN2O3S2.C26H25BrN2O3S2.C11H13BrN2OS2/c1-25(22-10-16(27)12-34-22)13-26(14-28,15-31)35-23(30-25)29-24(32)33-11-21-19-8-4-2-6-17(19)18-7-3-5-9-20(18)21;1-25(22-10-16(27)12-33-22)13-26(14-31-15-26)34-23(29-25)28-24(30)32-11-21-19-8-4-2-6-17(19)18-7-3-5-9-20(18)21;1-16(13-30)12-26(2,23-11-17(27)15-34-23)29-24(33)28-25(31)32-14-22-20-9-5-3-7-18(20)19-8-4-6-10-21(19)22;1-10(8-2-7(12)3-16-8)4-11(5-15-6-11)17-9(13)14-10/h2-10,12,21,31H,11,13-15H2,1H3,(H,29,30,32);2-10,12,21H,11,13-15H2,1H3,(H,28,29,30);3-11,15,22,30H,1,12-14H2,2H3,(H2,28,29,31,33);2-3H,4-6H2,1H3,(H2,13,14). The molecular formula is C89H85Br4IN8O10S8. The van der Waals surface area contributed by atoms with Gasteiger partial charge in [0.05, 0.1) is 76.0 Å². The largest absolute Gasteiger partial charge is 0.448 e. The number of thiophene rings is 4. The number of carbonyl (C=O) groups is 3. The number of ether oxygens (including phenoxy) is 5. The fourth-order valence-corrected chi connectivity index (χ4v) is 28.3. The van der Waals surface area contributed by atoms with Crippen LogP contribution in [0.15, 0.2) is 236 Å². The van der Waals surface area contributed by atoms with Crippen molar-refractivity contribution in [3.05, 3.63) is 274 Å². The number of aliphatic hydroxyl groups excluding tert-OH is 2. The van der Waals surface area contributed by atoms with E-state index >= 15 is 0 Å². The third kappa shape index (κ3) is 19.6. The van der Waals surface area contributed by atoms with Gasteiger partial charge in [-0.05, 0) is 226 Å². The lowest BCUT2D eigenvalue weighted by Crippen LogP contribution is -2.55. The minimum absolute atomic E-state index is 0.00582. The monoisotopic (exact) mass is 2120 g/mol. The summed E-state index contributed by atoms with van der Waals surface area (Å²) in [4.78, 5) is 57.5. The highest BCUT2D eigenvalue weighted by atomic mass is 127. The van der Waals surface area contributed by atoms with Gasteiger partial charge in [-0.15, -0.1) is 45.3 Å². The molecule has 5 unspecified atom stereocenters. The molecule has 5 atom stereocenters. The zero-order chi connectivity index (χ0) is 84.4. The second-order valence-electron chi connectivity index (χ2n) is 31.5. The lowest BCUT2D eigenvalue weighted by atomic mass is 9.86. The molecule has 8 aliphatic rings. The van der Waals surface area contributed by atoms with Crippen molar-refractivity contribution in [1.82, 2.24) is 21.3 Å². The predicted molar refractivity (Wildman–Crippen MR) is 518 cm³/mol. The molecule has 31 heteroatoms. The molecule has 8 N–H and O–H groups in total. The molecule has 624 valence electrons. The molecule has 4 aromatic heterocycles. The van der Waals surface area contributed by atoms with Crippen LogP contribution in [0.25, 0.3) is 33.4 Å². The Balaban J connectivity index is 0.000000128. The second kappa shape index (κ2) is 37.6. The number of amidine groups is 3. The number of aliphatic hydroxyl groups is 2. The van der Waals surface area contributed by atoms with E-state index in [-0.39, 0.29) is 70.9 Å². The van der Waals surface area contributed by atoms with E-state index in [0.29, 0.717) is 47.1 Å². The number of thioether (sulfide) groups is 3. The number of rotatable bonds is 16. The molecule has 3 amide bonds. The molecule has 0 radical (unpaired) electrons. The van der Waals surface area contributed by atoms with Crippen LogP contribution in [0.1, 0.15) is 124 Å². The number of nitrogens with one attached hydrogen (secondary N) is 4. The number of benzene rings is 6. The Bertz CT molecular complexity index is 5500. The van der Waals surface area contributed by atoms with E-state index in [1.807, 2.05) is 96.5 Å². The van der Waals surface area contributed by atoms with Gasteiger partial charge < -0.3 is 44.9 Å². The number of alkyl halides is 1. The second-order valence-corrected chi connectivity index (χ2v) is 44.4. The zero-order valence-electron chi connectivity index (χ0n) is 65.5. The SMILES string of the molecule is C=C(CO)CC(C)(NC(=S)NC(=O)OCC1c2ccccc2-c2ccccc21)c1cc(Br)cs1.CC1(c2cc(Br)cs2)CC(CO)(CI)SC(NC(=O)OCC2c3ccccc3-c3ccccc32)=N1.CC1(c2cc(Br)cs2)CC2(COC2)SC(N)=N1.CC1(c2cc(Br)cs2)CC2(COC2)SC(NC(=O)OCC2c3ccccc3-c3ccccc32)=N1. The topological polar surface area (TPSA) is 249 Å². The minimum atomic E-state index is -0.649. The van der Waals surface area contributed by atoms with Crippen LogP contribution in [0.5, 0.6) is 0 Å². The fraction of sp³-hybridized carbons (Fsp3) is 0.315. The van der Waals surface area contributed by atoms with Gasteiger partial charge in [0.25, 0.3) is 0 Å². The minimum Gasteiger partial charge on any atom is -0.448 e. The molecule has 10 aromatic rings. The Hall–Kier alpha value is -6.09. The molecule has 5 aliphatic heterocycles. The van der Waals surface area contributed by atoms with Gasteiger partial charge in [0.15, 0.2) is 20.6 Å². The van der Waals surface area contributed by atoms with Crippen molar-refractivity contribution in [2.45, 2.75) is 108 Å². The van der Waals surface area contributed by atoms with Crippen LogP contribution in [-0.4, -0.2) is 127 Å². The Morgan fingerprint density at radius 2 is 0.883 bits per heavy atom. The fourth-order valence-electron chi connectivity index (χ4n) is 16.8. The Morgan fingerprint density at radius 3 is 1.23 bits per heavy atom. The molecule has 18 rings (SSSR count). The van der Waals surface area contributed by atoms with Gasteiger partial charge >= 0.3 is 18.3 Å². The maximum absolute atomic E-state index is 12.9. The van der Waals surface area contributed by atoms with E-state index in [4.69, 9.17) is 51.6 Å². The van der Waals surface area contributed by atoms with Gasteiger partial charge in [-0.3, -0.25) is 30.9 Å². The first-order valence-electron chi connectivity index (χ1n) is 38.5. The molecule has 0 saturated carbocycles. The van der Waals surface area contributed by atoms with E-state index in [2.05, 4.69) is 242 Å². The number of thiocarbonyl (C=S) groups is 1. The van der Waals surface area contributed by atoms with E-state index in [0.717, 1.165) is 74.1 Å². The molecule has 0 bridgehead atoms. The molecule has 2 fully saturated rings. The Labute approximate surface area is 779 Å². The van der Waals surface area contributed by atoms with E-state index < -0.39 is 39.6 Å². The molecule has 18 nitrogen and oxygen atoms in total. The van der Waals surface area contributed by atoms with Gasteiger partial charge in [0, 0.05) is 81.1 Å². The summed E-state index contributed by atoms with van der Waals surface area (Å²) in [7, 11) is 0. The highest BCUT2D eigenvalue weighted by molar-refractivity contribution is 14.1. The average Bonchev–Trinajstić information content (AvgIpc) is 1.05. The van der Waals surface area contributed by atoms with Crippen molar-refractivity contribution in [2.24, 2.45) is 20.7 Å². The molecule has 120 heavy (non-hydrogen) atoms. The van der Waals surface area contributed by atoms with Crippen molar-refractivity contribution >= 4 is 218 Å². The van der Waals surface area contributed by atoms with Crippen LogP contribution >= 0.6 is 179 Å². The number of aliphatic imine (C=N–C) groups is 3. The molecule has 3 aliphatic carbocycles. The summed E-state index contributed by atoms with van der Waals surface area (Å²) in [6.07, 6.45) is 1.37.